The highest BCUT2D eigenvalue weighted by molar-refractivity contribution is 5.83. The van der Waals surface area contributed by atoms with Gasteiger partial charge in [-0.2, -0.15) is 0 Å². The van der Waals surface area contributed by atoms with Crippen LogP contribution >= 0.6 is 0 Å². The van der Waals surface area contributed by atoms with E-state index in [-0.39, 0.29) is 0 Å². The Kier molecular flexibility index (Phi) is 2.75. The van der Waals surface area contributed by atoms with Gasteiger partial charge >= 0.3 is 0 Å². The van der Waals surface area contributed by atoms with Gasteiger partial charge < -0.3 is 15.8 Å². The maximum absolute atomic E-state index is 9.03. The predicted molar refractivity (Wildman–Crippen MR) is 61.6 cm³/mol. The average Bonchev–Trinajstić information content (AvgIpc) is 2.57. The molecule has 0 saturated carbocycles. The lowest BCUT2D eigenvalue weighted by atomic mass is 10.1. The lowest BCUT2D eigenvalue weighted by Crippen LogP contribution is -2.18. The molecular formula is C12H16N2O. The van der Waals surface area contributed by atoms with Gasteiger partial charge in [0, 0.05) is 17.1 Å². The first kappa shape index (κ1) is 10.2. The molecule has 15 heavy (non-hydrogen) atoms. The fraction of sp³-hybridized carbons (Fsp3) is 0.333. The van der Waals surface area contributed by atoms with Crippen LogP contribution in [-0.2, 0) is 6.42 Å². The van der Waals surface area contributed by atoms with Gasteiger partial charge in [-0.3, -0.25) is 0 Å². The number of benzene rings is 1. The number of hydrogen-bond acceptors (Lipinski definition) is 2. The first-order valence-corrected chi connectivity index (χ1v) is 5.17. The van der Waals surface area contributed by atoms with E-state index in [1.54, 1.807) is 0 Å². The molecule has 0 aliphatic rings. The third-order valence-electron chi connectivity index (χ3n) is 2.63. The molecule has 1 unspecified atom stereocenters. The second-order valence-electron chi connectivity index (χ2n) is 3.97. The number of fused-ring (bicyclic) bond motifs is 1. The fourth-order valence-electron chi connectivity index (χ4n) is 1.81. The molecule has 0 bridgehead atoms. The zero-order valence-electron chi connectivity index (χ0n) is 8.83. The van der Waals surface area contributed by atoms with Crippen LogP contribution in [0.25, 0.3) is 10.9 Å². The van der Waals surface area contributed by atoms with Gasteiger partial charge in [0.25, 0.3) is 0 Å². The third kappa shape index (κ3) is 2.19. The minimum atomic E-state index is -0.722. The Bertz CT molecular complexity index is 460. The summed E-state index contributed by atoms with van der Waals surface area (Å²) in [4.78, 5) is 3.23. The van der Waals surface area contributed by atoms with E-state index in [0.29, 0.717) is 6.42 Å². The summed E-state index contributed by atoms with van der Waals surface area (Å²) < 4.78 is 0. The molecule has 1 aromatic heterocycles. The van der Waals surface area contributed by atoms with Crippen molar-refractivity contribution in [2.75, 3.05) is 0 Å². The Hall–Kier alpha value is -1.32. The Labute approximate surface area is 88.9 Å². The fourth-order valence-corrected chi connectivity index (χ4v) is 1.81. The summed E-state index contributed by atoms with van der Waals surface area (Å²) in [5.74, 6) is 0. The number of aromatic amines is 1. The minimum Gasteiger partial charge on any atom is -0.379 e. The van der Waals surface area contributed by atoms with Crippen LogP contribution in [-0.4, -0.2) is 16.3 Å². The van der Waals surface area contributed by atoms with E-state index in [4.69, 9.17) is 10.8 Å². The predicted octanol–water partition coefficient (Wildman–Crippen LogP) is 1.69. The van der Waals surface area contributed by atoms with E-state index >= 15 is 0 Å². The van der Waals surface area contributed by atoms with E-state index in [1.165, 1.54) is 16.5 Å². The molecule has 0 fully saturated rings. The van der Waals surface area contributed by atoms with Gasteiger partial charge in [0.1, 0.15) is 6.23 Å². The zero-order chi connectivity index (χ0) is 10.8. The number of aliphatic hydroxyl groups excluding tert-OH is 1. The highest BCUT2D eigenvalue weighted by atomic mass is 16.3. The molecule has 0 aliphatic heterocycles. The van der Waals surface area contributed by atoms with Crippen molar-refractivity contribution in [2.45, 2.75) is 26.0 Å². The number of H-pyrrole nitrogens is 1. The van der Waals surface area contributed by atoms with Gasteiger partial charge in [0.05, 0.1) is 0 Å². The number of hydrogen-bond donors (Lipinski definition) is 3. The first-order valence-electron chi connectivity index (χ1n) is 5.17. The van der Waals surface area contributed by atoms with Crippen LogP contribution in [0.5, 0.6) is 0 Å². The van der Waals surface area contributed by atoms with Gasteiger partial charge in [-0.15, -0.1) is 0 Å². The quantitative estimate of drug-likeness (QED) is 0.666. The molecular weight excluding hydrogens is 188 g/mol. The van der Waals surface area contributed by atoms with Crippen LogP contribution in [0.2, 0.25) is 0 Å². The highest BCUT2D eigenvalue weighted by Crippen LogP contribution is 2.20. The molecule has 1 heterocycles. The van der Waals surface area contributed by atoms with E-state index in [1.807, 2.05) is 6.20 Å². The normalized spacial score (nSPS) is 13.3. The van der Waals surface area contributed by atoms with Crippen LogP contribution in [0.1, 0.15) is 17.5 Å². The van der Waals surface area contributed by atoms with Gasteiger partial charge in [0.15, 0.2) is 0 Å². The third-order valence-corrected chi connectivity index (χ3v) is 2.63. The van der Waals surface area contributed by atoms with Crippen molar-refractivity contribution in [2.24, 2.45) is 5.73 Å². The molecule has 1 aromatic carbocycles. The molecule has 0 radical (unpaired) electrons. The van der Waals surface area contributed by atoms with Crippen molar-refractivity contribution in [3.05, 3.63) is 35.5 Å². The molecule has 0 aliphatic carbocycles. The SMILES string of the molecule is Cc1ccc2c(CCC(N)O)c[nH]c2c1. The van der Waals surface area contributed by atoms with Crippen LogP contribution < -0.4 is 5.73 Å². The summed E-state index contributed by atoms with van der Waals surface area (Å²) in [5, 5.41) is 10.3. The summed E-state index contributed by atoms with van der Waals surface area (Å²) >= 11 is 0. The number of nitrogens with two attached hydrogens (primary N) is 1. The molecule has 0 spiro atoms. The summed E-state index contributed by atoms with van der Waals surface area (Å²) in [6.07, 6.45) is 2.68. The van der Waals surface area contributed by atoms with Crippen molar-refractivity contribution < 1.29 is 5.11 Å². The molecule has 0 amide bonds. The molecule has 80 valence electrons. The van der Waals surface area contributed by atoms with Crippen LogP contribution in [0.15, 0.2) is 24.4 Å². The molecule has 0 saturated heterocycles. The second-order valence-corrected chi connectivity index (χ2v) is 3.97. The standard InChI is InChI=1S/C12H16N2O/c1-8-2-4-10-9(3-5-12(13)15)7-14-11(10)6-8/h2,4,6-7,12,14-15H,3,5,13H2,1H3. The van der Waals surface area contributed by atoms with Crippen molar-refractivity contribution in [1.29, 1.82) is 0 Å². The molecule has 2 rings (SSSR count). The average molecular weight is 204 g/mol. The Morgan fingerprint density at radius 2 is 2.27 bits per heavy atom. The molecule has 2 aromatic rings. The van der Waals surface area contributed by atoms with Crippen LogP contribution in [0.4, 0.5) is 0 Å². The molecule has 3 heteroatoms. The minimum absolute atomic E-state index is 0.598. The second kappa shape index (κ2) is 4.04. The summed E-state index contributed by atoms with van der Waals surface area (Å²) in [6.45, 7) is 2.07. The Balaban J connectivity index is 2.29. The van der Waals surface area contributed by atoms with E-state index < -0.39 is 6.23 Å². The van der Waals surface area contributed by atoms with Gasteiger partial charge in [-0.05, 0) is 37.0 Å². The van der Waals surface area contributed by atoms with Crippen LogP contribution in [0.3, 0.4) is 0 Å². The molecule has 4 N–H and O–H groups in total. The number of aromatic nitrogens is 1. The smallest absolute Gasteiger partial charge is 0.102 e. The molecule has 1 atom stereocenters. The Morgan fingerprint density at radius 3 is 3.00 bits per heavy atom. The maximum atomic E-state index is 9.03. The van der Waals surface area contributed by atoms with Crippen LogP contribution in [0, 0.1) is 6.92 Å². The van der Waals surface area contributed by atoms with E-state index in [0.717, 1.165) is 11.9 Å². The lowest BCUT2D eigenvalue weighted by Gasteiger charge is -2.02. The number of aryl methyl sites for hydroxylation is 2. The van der Waals surface area contributed by atoms with Gasteiger partial charge in [-0.1, -0.05) is 12.1 Å². The first-order chi connectivity index (χ1) is 7.16. The Morgan fingerprint density at radius 1 is 1.47 bits per heavy atom. The van der Waals surface area contributed by atoms with Gasteiger partial charge in [-0.25, -0.2) is 0 Å². The maximum Gasteiger partial charge on any atom is 0.102 e. The highest BCUT2D eigenvalue weighted by Gasteiger charge is 2.04. The van der Waals surface area contributed by atoms with Crippen molar-refractivity contribution in [3.8, 4) is 0 Å². The van der Waals surface area contributed by atoms with Crippen molar-refractivity contribution >= 4 is 10.9 Å². The zero-order valence-corrected chi connectivity index (χ0v) is 8.83. The van der Waals surface area contributed by atoms with Crippen molar-refractivity contribution in [1.82, 2.24) is 4.98 Å². The summed E-state index contributed by atoms with van der Waals surface area (Å²) in [6, 6.07) is 6.33. The lowest BCUT2D eigenvalue weighted by molar-refractivity contribution is 0.172. The summed E-state index contributed by atoms with van der Waals surface area (Å²) in [5.41, 5.74) is 8.93. The number of nitrogens with one attached hydrogen (secondary N) is 1. The van der Waals surface area contributed by atoms with Gasteiger partial charge in [0.2, 0.25) is 0 Å². The summed E-state index contributed by atoms with van der Waals surface area (Å²) in [7, 11) is 0. The van der Waals surface area contributed by atoms with Crippen molar-refractivity contribution in [3.63, 3.8) is 0 Å². The van der Waals surface area contributed by atoms with E-state index in [9.17, 15) is 0 Å². The monoisotopic (exact) mass is 204 g/mol. The molecule has 3 nitrogen and oxygen atoms in total. The topological polar surface area (TPSA) is 62.0 Å². The van der Waals surface area contributed by atoms with E-state index in [2.05, 4.69) is 30.1 Å². The number of aliphatic hydroxyl groups is 1. The number of rotatable bonds is 3. The largest absolute Gasteiger partial charge is 0.379 e.